The van der Waals surface area contributed by atoms with Crippen LogP contribution in [0.4, 0.5) is 11.4 Å². The van der Waals surface area contributed by atoms with Crippen LogP contribution in [-0.4, -0.2) is 18.6 Å². The number of nitro groups is 1. The first kappa shape index (κ1) is 13.9. The zero-order valence-electron chi connectivity index (χ0n) is 11.2. The van der Waals surface area contributed by atoms with Crippen molar-refractivity contribution in [3.8, 4) is 5.75 Å². The molecule has 2 rings (SSSR count). The van der Waals surface area contributed by atoms with Gasteiger partial charge in [0.25, 0.3) is 5.69 Å². The Balaban J connectivity index is 2.00. The van der Waals surface area contributed by atoms with Crippen molar-refractivity contribution >= 4 is 11.4 Å². The van der Waals surface area contributed by atoms with E-state index in [1.807, 2.05) is 18.2 Å². The van der Waals surface area contributed by atoms with Crippen LogP contribution in [0, 0.1) is 10.1 Å². The summed E-state index contributed by atoms with van der Waals surface area (Å²) >= 11 is 0. The minimum Gasteiger partial charge on any atom is -0.494 e. The van der Waals surface area contributed by atoms with Gasteiger partial charge in [-0.05, 0) is 18.1 Å². The van der Waals surface area contributed by atoms with Crippen molar-refractivity contribution in [2.45, 2.75) is 6.42 Å². The van der Waals surface area contributed by atoms with E-state index in [0.717, 1.165) is 18.7 Å². The van der Waals surface area contributed by atoms with Crippen molar-refractivity contribution < 1.29 is 9.66 Å². The quantitative estimate of drug-likeness (QED) is 0.647. The first-order valence-corrected chi connectivity index (χ1v) is 6.31. The highest BCUT2D eigenvalue weighted by Crippen LogP contribution is 2.28. The topological polar surface area (TPSA) is 64.4 Å². The number of ether oxygens (including phenoxy) is 1. The van der Waals surface area contributed by atoms with Crippen LogP contribution < -0.4 is 10.1 Å². The van der Waals surface area contributed by atoms with Gasteiger partial charge in [-0.15, -0.1) is 0 Å². The number of nitrogens with one attached hydrogen (secondary N) is 1. The molecule has 0 aromatic heterocycles. The lowest BCUT2D eigenvalue weighted by Crippen LogP contribution is -2.06. The lowest BCUT2D eigenvalue weighted by molar-refractivity contribution is -0.384. The Kier molecular flexibility index (Phi) is 4.55. The van der Waals surface area contributed by atoms with Gasteiger partial charge in [-0.25, -0.2) is 0 Å². The van der Waals surface area contributed by atoms with Gasteiger partial charge in [0.1, 0.15) is 5.75 Å². The molecule has 0 bridgehead atoms. The maximum absolute atomic E-state index is 10.7. The molecule has 2 aromatic rings. The molecule has 0 atom stereocenters. The average molecular weight is 272 g/mol. The van der Waals surface area contributed by atoms with Crippen molar-refractivity contribution in [3.63, 3.8) is 0 Å². The summed E-state index contributed by atoms with van der Waals surface area (Å²) in [6.07, 6.45) is 0.876. The standard InChI is InChI=1S/C15H16N2O3/c1-20-15-11-13(17(18)19)7-8-14(15)16-10-9-12-5-3-2-4-6-12/h2-8,11,16H,9-10H2,1H3. The third-order valence-electron chi connectivity index (χ3n) is 2.97. The van der Waals surface area contributed by atoms with Crippen molar-refractivity contribution in [1.29, 1.82) is 0 Å². The van der Waals surface area contributed by atoms with Crippen LogP contribution in [0.3, 0.4) is 0 Å². The van der Waals surface area contributed by atoms with Crippen LogP contribution in [0.25, 0.3) is 0 Å². The lowest BCUT2D eigenvalue weighted by atomic mass is 10.1. The second-order valence-corrected chi connectivity index (χ2v) is 4.30. The Morgan fingerprint density at radius 3 is 2.60 bits per heavy atom. The molecule has 5 nitrogen and oxygen atoms in total. The number of non-ortho nitro benzene ring substituents is 1. The number of nitrogens with zero attached hydrogens (tertiary/aromatic N) is 1. The maximum atomic E-state index is 10.7. The molecular formula is C15H16N2O3. The largest absolute Gasteiger partial charge is 0.494 e. The van der Waals surface area contributed by atoms with E-state index < -0.39 is 4.92 Å². The predicted molar refractivity (Wildman–Crippen MR) is 78.3 cm³/mol. The molecule has 5 heteroatoms. The normalized spacial score (nSPS) is 10.1. The molecule has 20 heavy (non-hydrogen) atoms. The summed E-state index contributed by atoms with van der Waals surface area (Å²) in [5.74, 6) is 0.479. The van der Waals surface area contributed by atoms with Crippen LogP contribution in [0.15, 0.2) is 48.5 Å². The van der Waals surface area contributed by atoms with Gasteiger partial charge >= 0.3 is 0 Å². The van der Waals surface area contributed by atoms with E-state index in [1.54, 1.807) is 6.07 Å². The summed E-state index contributed by atoms with van der Waals surface area (Å²) in [7, 11) is 1.50. The number of hydrogen-bond donors (Lipinski definition) is 1. The Bertz CT molecular complexity index is 585. The smallest absolute Gasteiger partial charge is 0.273 e. The Labute approximate surface area is 117 Å². The molecule has 0 fully saturated rings. The minimum absolute atomic E-state index is 0.0236. The molecule has 0 amide bonds. The highest BCUT2D eigenvalue weighted by molar-refractivity contribution is 5.60. The molecule has 0 unspecified atom stereocenters. The van der Waals surface area contributed by atoms with Gasteiger partial charge in [-0.1, -0.05) is 30.3 Å². The molecule has 0 heterocycles. The fourth-order valence-corrected chi connectivity index (χ4v) is 1.93. The summed E-state index contributed by atoms with van der Waals surface area (Å²) in [4.78, 5) is 10.3. The van der Waals surface area contributed by atoms with E-state index in [9.17, 15) is 10.1 Å². The van der Waals surface area contributed by atoms with Crippen molar-refractivity contribution in [2.24, 2.45) is 0 Å². The van der Waals surface area contributed by atoms with Gasteiger partial charge in [0.05, 0.1) is 23.8 Å². The van der Waals surface area contributed by atoms with Gasteiger partial charge in [-0.2, -0.15) is 0 Å². The van der Waals surface area contributed by atoms with Gasteiger partial charge in [0, 0.05) is 12.6 Å². The van der Waals surface area contributed by atoms with Crippen molar-refractivity contribution in [1.82, 2.24) is 0 Å². The first-order valence-electron chi connectivity index (χ1n) is 6.31. The summed E-state index contributed by atoms with van der Waals surface area (Å²) in [6.45, 7) is 0.734. The molecule has 0 aliphatic rings. The minimum atomic E-state index is -0.434. The molecule has 2 aromatic carbocycles. The molecule has 0 radical (unpaired) electrons. The zero-order chi connectivity index (χ0) is 14.4. The Hall–Kier alpha value is -2.56. The number of rotatable bonds is 6. The van der Waals surface area contributed by atoms with Gasteiger partial charge < -0.3 is 10.1 Å². The summed E-state index contributed by atoms with van der Waals surface area (Å²) < 4.78 is 5.17. The third-order valence-corrected chi connectivity index (χ3v) is 2.97. The van der Waals surface area contributed by atoms with E-state index in [0.29, 0.717) is 5.75 Å². The molecule has 0 spiro atoms. The maximum Gasteiger partial charge on any atom is 0.273 e. The number of benzene rings is 2. The molecule has 104 valence electrons. The van der Waals surface area contributed by atoms with Crippen molar-refractivity contribution in [3.05, 3.63) is 64.2 Å². The Morgan fingerprint density at radius 1 is 1.20 bits per heavy atom. The fraction of sp³-hybridized carbons (Fsp3) is 0.200. The molecule has 0 aliphatic heterocycles. The number of methoxy groups -OCH3 is 1. The third kappa shape index (κ3) is 3.47. The summed E-state index contributed by atoms with van der Waals surface area (Å²) in [6, 6.07) is 14.7. The van der Waals surface area contributed by atoms with Gasteiger partial charge in [-0.3, -0.25) is 10.1 Å². The lowest BCUT2D eigenvalue weighted by Gasteiger charge is -2.10. The van der Waals surface area contributed by atoms with E-state index >= 15 is 0 Å². The SMILES string of the molecule is COc1cc([N+](=O)[O-])ccc1NCCc1ccccc1. The fourth-order valence-electron chi connectivity index (χ4n) is 1.93. The predicted octanol–water partition coefficient (Wildman–Crippen LogP) is 3.26. The van der Waals surface area contributed by atoms with E-state index in [1.165, 1.54) is 24.8 Å². The molecule has 0 saturated heterocycles. The summed E-state index contributed by atoms with van der Waals surface area (Å²) in [5.41, 5.74) is 2.02. The van der Waals surface area contributed by atoms with Gasteiger partial charge in [0.2, 0.25) is 0 Å². The summed E-state index contributed by atoms with van der Waals surface area (Å²) in [5, 5.41) is 13.9. The van der Waals surface area contributed by atoms with Crippen LogP contribution >= 0.6 is 0 Å². The van der Waals surface area contributed by atoms with Gasteiger partial charge in [0.15, 0.2) is 0 Å². The first-order chi connectivity index (χ1) is 9.70. The molecular weight excluding hydrogens is 256 g/mol. The zero-order valence-corrected chi connectivity index (χ0v) is 11.2. The monoisotopic (exact) mass is 272 g/mol. The highest BCUT2D eigenvalue weighted by Gasteiger charge is 2.10. The molecule has 0 saturated carbocycles. The number of nitro benzene ring substituents is 1. The highest BCUT2D eigenvalue weighted by atomic mass is 16.6. The van der Waals surface area contributed by atoms with E-state index in [4.69, 9.17) is 4.74 Å². The van der Waals surface area contributed by atoms with E-state index in [2.05, 4.69) is 17.4 Å². The van der Waals surface area contributed by atoms with Crippen LogP contribution in [0.1, 0.15) is 5.56 Å². The molecule has 0 aliphatic carbocycles. The van der Waals surface area contributed by atoms with Crippen LogP contribution in [0.2, 0.25) is 0 Å². The van der Waals surface area contributed by atoms with Crippen LogP contribution in [-0.2, 0) is 6.42 Å². The molecule has 1 N–H and O–H groups in total. The number of hydrogen-bond acceptors (Lipinski definition) is 4. The van der Waals surface area contributed by atoms with Crippen molar-refractivity contribution in [2.75, 3.05) is 19.0 Å². The van der Waals surface area contributed by atoms with Crippen LogP contribution in [0.5, 0.6) is 5.75 Å². The van der Waals surface area contributed by atoms with E-state index in [-0.39, 0.29) is 5.69 Å². The second-order valence-electron chi connectivity index (χ2n) is 4.30. The Morgan fingerprint density at radius 2 is 1.95 bits per heavy atom. The number of anilines is 1. The average Bonchev–Trinajstić information content (AvgIpc) is 2.48. The second kappa shape index (κ2) is 6.56.